The van der Waals surface area contributed by atoms with Crippen LogP contribution in [0.4, 0.5) is 0 Å². The summed E-state index contributed by atoms with van der Waals surface area (Å²) >= 11 is 0. The lowest BCUT2D eigenvalue weighted by Crippen LogP contribution is -2.33. The Balaban J connectivity index is 3.67. The summed E-state index contributed by atoms with van der Waals surface area (Å²) in [6.07, 6.45) is 4.68. The predicted octanol–water partition coefficient (Wildman–Crippen LogP) is 2.82. The van der Waals surface area contributed by atoms with E-state index in [-0.39, 0.29) is 18.2 Å². The van der Waals surface area contributed by atoms with Gasteiger partial charge in [0.05, 0.1) is 0 Å². The van der Waals surface area contributed by atoms with Crippen molar-refractivity contribution in [3.05, 3.63) is 0 Å². The van der Waals surface area contributed by atoms with Crippen molar-refractivity contribution in [3.63, 3.8) is 0 Å². The molecule has 18 heavy (non-hydrogen) atoms. The molecule has 1 unspecified atom stereocenters. The molecule has 4 heteroatoms. The van der Waals surface area contributed by atoms with E-state index in [9.17, 15) is 9.59 Å². The maximum Gasteiger partial charge on any atom is 0.303 e. The Bertz CT molecular complexity index is 249. The minimum Gasteiger partial charge on any atom is -0.481 e. The van der Waals surface area contributed by atoms with Gasteiger partial charge in [0.2, 0.25) is 5.91 Å². The van der Waals surface area contributed by atoms with Gasteiger partial charge in [0.25, 0.3) is 0 Å². The van der Waals surface area contributed by atoms with Gasteiger partial charge in [-0.15, -0.1) is 0 Å². The van der Waals surface area contributed by atoms with Gasteiger partial charge in [-0.3, -0.25) is 9.59 Å². The Morgan fingerprint density at radius 3 is 2.22 bits per heavy atom. The minimum atomic E-state index is -0.749. The number of rotatable bonds is 10. The molecule has 1 amide bonds. The maximum absolute atomic E-state index is 11.8. The molecule has 0 aromatic heterocycles. The molecule has 1 atom stereocenters. The minimum absolute atomic E-state index is 0.0685. The maximum atomic E-state index is 11.8. The third kappa shape index (κ3) is 7.30. The van der Waals surface area contributed by atoms with Crippen molar-refractivity contribution in [1.29, 1.82) is 0 Å². The van der Waals surface area contributed by atoms with E-state index in [4.69, 9.17) is 5.11 Å². The molecule has 0 fully saturated rings. The van der Waals surface area contributed by atoms with Crippen molar-refractivity contribution >= 4 is 11.9 Å². The Labute approximate surface area is 110 Å². The van der Waals surface area contributed by atoms with Crippen molar-refractivity contribution in [2.24, 2.45) is 11.8 Å². The number of amides is 1. The highest BCUT2D eigenvalue weighted by Crippen LogP contribution is 2.19. The first-order valence-electron chi connectivity index (χ1n) is 7.02. The van der Waals surface area contributed by atoms with Gasteiger partial charge in [-0.25, -0.2) is 0 Å². The van der Waals surface area contributed by atoms with Crippen LogP contribution in [0.3, 0.4) is 0 Å². The number of carboxylic acid groups (broad SMARTS) is 1. The molecule has 0 aliphatic heterocycles. The third-order valence-electron chi connectivity index (χ3n) is 3.54. The van der Waals surface area contributed by atoms with Crippen molar-refractivity contribution in [2.75, 3.05) is 6.54 Å². The molecule has 0 saturated heterocycles. The van der Waals surface area contributed by atoms with Crippen LogP contribution in [0, 0.1) is 11.8 Å². The van der Waals surface area contributed by atoms with Gasteiger partial charge in [-0.05, 0) is 18.8 Å². The third-order valence-corrected chi connectivity index (χ3v) is 3.54. The van der Waals surface area contributed by atoms with E-state index in [1.54, 1.807) is 0 Å². The van der Waals surface area contributed by atoms with Gasteiger partial charge in [0.15, 0.2) is 0 Å². The summed E-state index contributed by atoms with van der Waals surface area (Å²) in [6, 6.07) is 0. The lowest BCUT2D eigenvalue weighted by atomic mass is 9.89. The van der Waals surface area contributed by atoms with Crippen LogP contribution in [0.5, 0.6) is 0 Å². The fourth-order valence-corrected chi connectivity index (χ4v) is 2.16. The van der Waals surface area contributed by atoms with E-state index >= 15 is 0 Å². The van der Waals surface area contributed by atoms with Crippen LogP contribution in [0.1, 0.15) is 59.3 Å². The Morgan fingerprint density at radius 2 is 1.72 bits per heavy atom. The van der Waals surface area contributed by atoms with E-state index < -0.39 is 5.97 Å². The van der Waals surface area contributed by atoms with Crippen molar-refractivity contribution < 1.29 is 14.7 Å². The van der Waals surface area contributed by atoms with Gasteiger partial charge >= 0.3 is 5.97 Å². The molecule has 0 saturated carbocycles. The first kappa shape index (κ1) is 16.9. The highest BCUT2D eigenvalue weighted by atomic mass is 16.4. The zero-order valence-corrected chi connectivity index (χ0v) is 11.9. The fourth-order valence-electron chi connectivity index (χ4n) is 2.16. The SMILES string of the molecule is CCC(CC)C(C)C(=O)NCCCCCC(=O)O. The van der Waals surface area contributed by atoms with Gasteiger partial charge < -0.3 is 10.4 Å². The second kappa shape index (κ2) is 9.92. The molecule has 4 nitrogen and oxygen atoms in total. The molecular weight excluding hydrogens is 230 g/mol. The summed E-state index contributed by atoms with van der Waals surface area (Å²) in [5.74, 6) is -0.0978. The summed E-state index contributed by atoms with van der Waals surface area (Å²) in [7, 11) is 0. The topological polar surface area (TPSA) is 66.4 Å². The van der Waals surface area contributed by atoms with Gasteiger partial charge in [0, 0.05) is 18.9 Å². The van der Waals surface area contributed by atoms with Gasteiger partial charge in [0.1, 0.15) is 0 Å². The number of hydrogen-bond acceptors (Lipinski definition) is 2. The van der Waals surface area contributed by atoms with E-state index in [0.717, 1.165) is 25.7 Å². The number of nitrogens with one attached hydrogen (secondary N) is 1. The fraction of sp³-hybridized carbons (Fsp3) is 0.857. The quantitative estimate of drug-likeness (QED) is 0.591. The molecule has 0 aromatic rings. The molecule has 0 aromatic carbocycles. The summed E-state index contributed by atoms with van der Waals surface area (Å²) in [5.41, 5.74) is 0. The van der Waals surface area contributed by atoms with E-state index in [2.05, 4.69) is 19.2 Å². The van der Waals surface area contributed by atoms with Crippen LogP contribution in [0.15, 0.2) is 0 Å². The molecule has 0 spiro atoms. The van der Waals surface area contributed by atoms with Crippen LogP contribution in [-0.4, -0.2) is 23.5 Å². The molecular formula is C14H27NO3. The van der Waals surface area contributed by atoms with E-state index in [1.807, 2.05) is 6.92 Å². The molecule has 0 aliphatic rings. The summed E-state index contributed by atoms with van der Waals surface area (Å²) in [4.78, 5) is 22.1. The molecule has 0 bridgehead atoms. The second-order valence-electron chi connectivity index (χ2n) is 4.86. The van der Waals surface area contributed by atoms with Crippen LogP contribution in [-0.2, 0) is 9.59 Å². The van der Waals surface area contributed by atoms with Gasteiger partial charge in [-0.1, -0.05) is 40.0 Å². The van der Waals surface area contributed by atoms with Crippen LogP contribution < -0.4 is 5.32 Å². The summed E-state index contributed by atoms with van der Waals surface area (Å²) in [5, 5.41) is 11.4. The standard InChI is InChI=1S/C14H27NO3/c1-4-12(5-2)11(3)14(18)15-10-8-6-7-9-13(16)17/h11-12H,4-10H2,1-3H3,(H,15,18)(H,16,17). The Hall–Kier alpha value is -1.06. The first-order valence-corrected chi connectivity index (χ1v) is 7.02. The number of aliphatic carboxylic acids is 1. The van der Waals surface area contributed by atoms with Gasteiger partial charge in [-0.2, -0.15) is 0 Å². The normalized spacial score (nSPS) is 12.4. The largest absolute Gasteiger partial charge is 0.481 e. The summed E-state index contributed by atoms with van der Waals surface area (Å²) in [6.45, 7) is 6.87. The molecule has 2 N–H and O–H groups in total. The summed E-state index contributed by atoms with van der Waals surface area (Å²) < 4.78 is 0. The number of carboxylic acids is 1. The van der Waals surface area contributed by atoms with Crippen molar-refractivity contribution in [1.82, 2.24) is 5.32 Å². The number of carbonyl (C=O) groups is 2. The van der Waals surface area contributed by atoms with Crippen LogP contribution >= 0.6 is 0 Å². The van der Waals surface area contributed by atoms with E-state index in [0.29, 0.717) is 18.9 Å². The van der Waals surface area contributed by atoms with Crippen molar-refractivity contribution in [2.45, 2.75) is 59.3 Å². The van der Waals surface area contributed by atoms with Crippen molar-refractivity contribution in [3.8, 4) is 0 Å². The molecule has 106 valence electrons. The highest BCUT2D eigenvalue weighted by molar-refractivity contribution is 5.78. The van der Waals surface area contributed by atoms with Crippen LogP contribution in [0.25, 0.3) is 0 Å². The Kier molecular flexibility index (Phi) is 9.33. The molecule has 0 rings (SSSR count). The second-order valence-corrected chi connectivity index (χ2v) is 4.86. The average Bonchev–Trinajstić information content (AvgIpc) is 2.34. The molecule has 0 radical (unpaired) electrons. The predicted molar refractivity (Wildman–Crippen MR) is 72.3 cm³/mol. The number of hydrogen-bond donors (Lipinski definition) is 2. The Morgan fingerprint density at radius 1 is 1.11 bits per heavy atom. The van der Waals surface area contributed by atoms with E-state index in [1.165, 1.54) is 0 Å². The van der Waals surface area contributed by atoms with Crippen LogP contribution in [0.2, 0.25) is 0 Å². The smallest absolute Gasteiger partial charge is 0.303 e. The molecule has 0 aliphatic carbocycles. The monoisotopic (exact) mass is 257 g/mol. The number of carbonyl (C=O) groups excluding carboxylic acids is 1. The lowest BCUT2D eigenvalue weighted by Gasteiger charge is -2.20. The lowest BCUT2D eigenvalue weighted by molar-refractivity contribution is -0.137. The highest BCUT2D eigenvalue weighted by Gasteiger charge is 2.20. The number of unbranched alkanes of at least 4 members (excludes halogenated alkanes) is 2. The average molecular weight is 257 g/mol. The zero-order chi connectivity index (χ0) is 14.0. The first-order chi connectivity index (χ1) is 8.52. The zero-order valence-electron chi connectivity index (χ0n) is 11.9. The molecule has 0 heterocycles.